The number of rotatable bonds is 3. The lowest BCUT2D eigenvalue weighted by atomic mass is 9.99. The molecule has 0 saturated carbocycles. The van der Waals surface area contributed by atoms with Crippen molar-refractivity contribution >= 4 is 16.6 Å². The highest BCUT2D eigenvalue weighted by atomic mass is 16.7. The van der Waals surface area contributed by atoms with Gasteiger partial charge in [-0.3, -0.25) is 0 Å². The standard InChI is InChI=1S/C14H18N2O6/c15-6-1-2-8-7(3-6)9(4-16-8)21-14-13(20)12(19)11(18)10(5-17)22-14/h1-4,10-14,16-20H,5,15H2/t10?,11-,12?,13?,14+/m0/s1. The highest BCUT2D eigenvalue weighted by molar-refractivity contribution is 5.88. The number of H-pyrrole nitrogens is 1. The second-order valence-electron chi connectivity index (χ2n) is 5.27. The van der Waals surface area contributed by atoms with Crippen molar-refractivity contribution in [2.75, 3.05) is 12.3 Å². The summed E-state index contributed by atoms with van der Waals surface area (Å²) in [6, 6.07) is 5.21. The number of anilines is 1. The van der Waals surface area contributed by atoms with Crippen LogP contribution < -0.4 is 10.5 Å². The van der Waals surface area contributed by atoms with E-state index < -0.39 is 37.3 Å². The zero-order valence-corrected chi connectivity index (χ0v) is 11.6. The van der Waals surface area contributed by atoms with Crippen LogP contribution in [0.5, 0.6) is 5.75 Å². The van der Waals surface area contributed by atoms with E-state index in [4.69, 9.17) is 20.3 Å². The van der Waals surface area contributed by atoms with Gasteiger partial charge in [0.1, 0.15) is 30.2 Å². The maximum absolute atomic E-state index is 9.97. The SMILES string of the molecule is Nc1ccc2[nH]cc(O[C@@H]3OC(CO)[C@H](O)C(O)C3O)c2c1. The molecule has 120 valence electrons. The third-order valence-corrected chi connectivity index (χ3v) is 3.76. The molecule has 1 aliphatic heterocycles. The van der Waals surface area contributed by atoms with Crippen LogP contribution in [0, 0.1) is 0 Å². The van der Waals surface area contributed by atoms with Crippen LogP contribution >= 0.6 is 0 Å². The minimum Gasteiger partial charge on any atom is -0.460 e. The first-order valence-electron chi connectivity index (χ1n) is 6.85. The Morgan fingerprint density at radius 1 is 1.18 bits per heavy atom. The van der Waals surface area contributed by atoms with Crippen LogP contribution in [0.4, 0.5) is 5.69 Å². The van der Waals surface area contributed by atoms with Crippen LogP contribution in [0.1, 0.15) is 0 Å². The average Bonchev–Trinajstić information content (AvgIpc) is 2.90. The van der Waals surface area contributed by atoms with E-state index in [1.807, 2.05) is 0 Å². The molecule has 0 aliphatic carbocycles. The Balaban J connectivity index is 1.85. The van der Waals surface area contributed by atoms with E-state index in [1.165, 1.54) is 0 Å². The number of nitrogens with two attached hydrogens (primary N) is 1. The number of aromatic nitrogens is 1. The molecule has 1 aromatic heterocycles. The summed E-state index contributed by atoms with van der Waals surface area (Å²) >= 11 is 0. The normalized spacial score (nSPS) is 32.3. The Hall–Kier alpha value is -1.84. The summed E-state index contributed by atoms with van der Waals surface area (Å²) in [5, 5.41) is 39.3. The van der Waals surface area contributed by atoms with Gasteiger partial charge in [0.2, 0.25) is 6.29 Å². The van der Waals surface area contributed by atoms with Gasteiger partial charge in [-0.25, -0.2) is 0 Å². The Kier molecular flexibility index (Phi) is 3.94. The van der Waals surface area contributed by atoms with E-state index in [2.05, 4.69) is 4.98 Å². The number of aliphatic hydroxyl groups excluding tert-OH is 4. The van der Waals surface area contributed by atoms with Crippen LogP contribution in [0.15, 0.2) is 24.4 Å². The van der Waals surface area contributed by atoms with Crippen molar-refractivity contribution in [1.82, 2.24) is 4.98 Å². The van der Waals surface area contributed by atoms with Crippen LogP contribution in [-0.2, 0) is 4.74 Å². The van der Waals surface area contributed by atoms with Gasteiger partial charge < -0.3 is 40.6 Å². The van der Waals surface area contributed by atoms with Crippen molar-refractivity contribution in [2.24, 2.45) is 0 Å². The van der Waals surface area contributed by atoms with E-state index in [1.54, 1.807) is 24.4 Å². The summed E-state index contributed by atoms with van der Waals surface area (Å²) in [4.78, 5) is 2.99. The van der Waals surface area contributed by atoms with Gasteiger partial charge in [-0.2, -0.15) is 0 Å². The second kappa shape index (κ2) is 5.75. The molecular formula is C14H18N2O6. The first kappa shape index (κ1) is 15.1. The monoisotopic (exact) mass is 310 g/mol. The van der Waals surface area contributed by atoms with Crippen LogP contribution in [0.3, 0.4) is 0 Å². The molecule has 1 saturated heterocycles. The summed E-state index contributed by atoms with van der Waals surface area (Å²) in [7, 11) is 0. The largest absolute Gasteiger partial charge is 0.460 e. The fraction of sp³-hybridized carbons (Fsp3) is 0.429. The van der Waals surface area contributed by atoms with Crippen LogP contribution in [0.25, 0.3) is 10.9 Å². The van der Waals surface area contributed by atoms with Gasteiger partial charge in [0, 0.05) is 22.8 Å². The van der Waals surface area contributed by atoms with Gasteiger partial charge in [-0.1, -0.05) is 0 Å². The van der Waals surface area contributed by atoms with Gasteiger partial charge in [0.15, 0.2) is 0 Å². The molecule has 1 aliphatic rings. The minimum absolute atomic E-state index is 0.381. The van der Waals surface area contributed by atoms with E-state index in [-0.39, 0.29) is 0 Å². The van der Waals surface area contributed by atoms with E-state index in [9.17, 15) is 15.3 Å². The molecule has 5 atom stereocenters. The number of hydrogen-bond acceptors (Lipinski definition) is 7. The molecule has 0 bridgehead atoms. The van der Waals surface area contributed by atoms with Gasteiger partial charge in [0.05, 0.1) is 6.61 Å². The van der Waals surface area contributed by atoms with Gasteiger partial charge in [-0.15, -0.1) is 0 Å². The molecule has 8 nitrogen and oxygen atoms in total. The van der Waals surface area contributed by atoms with Crippen molar-refractivity contribution in [3.05, 3.63) is 24.4 Å². The molecular weight excluding hydrogens is 292 g/mol. The maximum Gasteiger partial charge on any atom is 0.229 e. The number of ether oxygens (including phenoxy) is 2. The molecule has 3 rings (SSSR count). The smallest absolute Gasteiger partial charge is 0.229 e. The summed E-state index contributed by atoms with van der Waals surface area (Å²) < 4.78 is 10.9. The molecule has 0 radical (unpaired) electrons. The molecule has 22 heavy (non-hydrogen) atoms. The molecule has 1 fully saturated rings. The summed E-state index contributed by atoms with van der Waals surface area (Å²) in [5.41, 5.74) is 7.07. The zero-order valence-electron chi connectivity index (χ0n) is 11.6. The van der Waals surface area contributed by atoms with Crippen molar-refractivity contribution in [3.8, 4) is 5.75 Å². The van der Waals surface area contributed by atoms with Crippen molar-refractivity contribution in [3.63, 3.8) is 0 Å². The fourth-order valence-electron chi connectivity index (χ4n) is 2.50. The van der Waals surface area contributed by atoms with Crippen LogP contribution in [0.2, 0.25) is 0 Å². The highest BCUT2D eigenvalue weighted by Gasteiger charge is 2.44. The number of hydrogen-bond donors (Lipinski definition) is 6. The minimum atomic E-state index is -1.48. The number of nitrogens with one attached hydrogen (secondary N) is 1. The maximum atomic E-state index is 9.97. The van der Waals surface area contributed by atoms with E-state index in [0.29, 0.717) is 16.8 Å². The average molecular weight is 310 g/mol. The summed E-state index contributed by atoms with van der Waals surface area (Å²) in [6.07, 6.45) is -5.02. The van der Waals surface area contributed by atoms with Gasteiger partial charge in [0.25, 0.3) is 0 Å². The molecule has 7 N–H and O–H groups in total. The van der Waals surface area contributed by atoms with Crippen LogP contribution in [-0.4, -0.2) is 62.7 Å². The quantitative estimate of drug-likeness (QED) is 0.396. The van der Waals surface area contributed by atoms with E-state index >= 15 is 0 Å². The Morgan fingerprint density at radius 3 is 2.68 bits per heavy atom. The predicted molar refractivity (Wildman–Crippen MR) is 77.1 cm³/mol. The number of aromatic amines is 1. The molecule has 0 amide bonds. The lowest BCUT2D eigenvalue weighted by Gasteiger charge is -2.39. The van der Waals surface area contributed by atoms with Gasteiger partial charge in [-0.05, 0) is 18.2 Å². The lowest BCUT2D eigenvalue weighted by Crippen LogP contribution is -2.60. The van der Waals surface area contributed by atoms with Crippen molar-refractivity contribution in [1.29, 1.82) is 0 Å². The molecule has 2 heterocycles. The molecule has 2 aromatic rings. The van der Waals surface area contributed by atoms with Gasteiger partial charge >= 0.3 is 0 Å². The first-order valence-corrected chi connectivity index (χ1v) is 6.85. The highest BCUT2D eigenvalue weighted by Crippen LogP contribution is 2.30. The Morgan fingerprint density at radius 2 is 1.95 bits per heavy atom. The van der Waals surface area contributed by atoms with E-state index in [0.717, 1.165) is 5.52 Å². The fourth-order valence-corrected chi connectivity index (χ4v) is 2.50. The number of fused-ring (bicyclic) bond motifs is 1. The number of benzene rings is 1. The third kappa shape index (κ3) is 2.51. The zero-order chi connectivity index (χ0) is 15.9. The molecule has 0 spiro atoms. The molecule has 1 aromatic carbocycles. The van der Waals surface area contributed by atoms with Crippen molar-refractivity contribution in [2.45, 2.75) is 30.7 Å². The Labute approximate surface area is 125 Å². The Bertz CT molecular complexity index is 658. The third-order valence-electron chi connectivity index (χ3n) is 3.76. The lowest BCUT2D eigenvalue weighted by molar-refractivity contribution is -0.277. The summed E-state index contributed by atoms with van der Waals surface area (Å²) in [6.45, 7) is -0.508. The summed E-state index contributed by atoms with van der Waals surface area (Å²) in [5.74, 6) is 0.381. The predicted octanol–water partition coefficient (Wildman–Crippen LogP) is -1.07. The molecule has 3 unspecified atom stereocenters. The second-order valence-corrected chi connectivity index (χ2v) is 5.27. The number of nitrogen functional groups attached to an aromatic ring is 1. The number of aliphatic hydroxyl groups is 4. The molecule has 8 heteroatoms. The van der Waals surface area contributed by atoms with Crippen molar-refractivity contribution < 1.29 is 29.9 Å². The first-order chi connectivity index (χ1) is 10.5. The topological polar surface area (TPSA) is 141 Å².